The first-order valence-corrected chi connectivity index (χ1v) is 6.02. The fraction of sp³-hybridized carbons (Fsp3) is 0.385. The minimum atomic E-state index is -0.627. The second kappa shape index (κ2) is 6.63. The first kappa shape index (κ1) is 14.8. The minimum Gasteiger partial charge on any atom is -0.495 e. The van der Waals surface area contributed by atoms with E-state index in [2.05, 4.69) is 10.6 Å². The molecule has 1 atom stereocenters. The Hall–Kier alpha value is -2.24. The standard InChI is InChI=1S/C13H19N3O3/c1-4-15-12(17)8(2)16-13(18)9-6-5-7-10(19-3)11(9)14/h5-8H,4,14H2,1-3H3,(H,15,17)(H,16,18). The van der Waals surface area contributed by atoms with Crippen LogP contribution in [0.2, 0.25) is 0 Å². The lowest BCUT2D eigenvalue weighted by molar-refractivity contribution is -0.122. The first-order valence-electron chi connectivity index (χ1n) is 6.02. The normalized spacial score (nSPS) is 11.5. The average Bonchev–Trinajstić information content (AvgIpc) is 2.39. The molecule has 2 amide bonds. The molecular weight excluding hydrogens is 246 g/mol. The number of hydrogen-bond acceptors (Lipinski definition) is 4. The molecule has 0 spiro atoms. The molecule has 0 aromatic heterocycles. The van der Waals surface area contributed by atoms with Gasteiger partial charge in [0.2, 0.25) is 5.91 Å². The first-order chi connectivity index (χ1) is 9.01. The van der Waals surface area contributed by atoms with E-state index in [1.54, 1.807) is 25.1 Å². The van der Waals surface area contributed by atoms with Crippen LogP contribution in [-0.4, -0.2) is 31.5 Å². The molecular formula is C13H19N3O3. The maximum Gasteiger partial charge on any atom is 0.254 e. The van der Waals surface area contributed by atoms with Gasteiger partial charge in [0.15, 0.2) is 0 Å². The lowest BCUT2D eigenvalue weighted by atomic mass is 10.1. The number of benzene rings is 1. The summed E-state index contributed by atoms with van der Waals surface area (Å²) in [6.45, 7) is 3.94. The SMILES string of the molecule is CCNC(=O)C(C)NC(=O)c1cccc(OC)c1N. The zero-order valence-electron chi connectivity index (χ0n) is 11.3. The monoisotopic (exact) mass is 265 g/mol. The lowest BCUT2D eigenvalue weighted by Gasteiger charge is -2.15. The second-order valence-electron chi connectivity index (χ2n) is 4.01. The van der Waals surface area contributed by atoms with Crippen molar-refractivity contribution in [2.45, 2.75) is 19.9 Å². The van der Waals surface area contributed by atoms with Crippen LogP contribution in [0, 0.1) is 0 Å². The highest BCUT2D eigenvalue weighted by Gasteiger charge is 2.18. The zero-order chi connectivity index (χ0) is 14.4. The Morgan fingerprint density at radius 2 is 2.11 bits per heavy atom. The highest BCUT2D eigenvalue weighted by atomic mass is 16.5. The van der Waals surface area contributed by atoms with Crippen molar-refractivity contribution < 1.29 is 14.3 Å². The number of carbonyl (C=O) groups is 2. The van der Waals surface area contributed by atoms with Gasteiger partial charge in [0.05, 0.1) is 18.4 Å². The zero-order valence-corrected chi connectivity index (χ0v) is 11.3. The van der Waals surface area contributed by atoms with Crippen LogP contribution >= 0.6 is 0 Å². The van der Waals surface area contributed by atoms with E-state index in [0.29, 0.717) is 12.3 Å². The molecule has 0 heterocycles. The van der Waals surface area contributed by atoms with Crippen LogP contribution in [0.25, 0.3) is 0 Å². The molecule has 1 aromatic carbocycles. The van der Waals surface area contributed by atoms with Gasteiger partial charge in [-0.1, -0.05) is 6.07 Å². The van der Waals surface area contributed by atoms with Crippen molar-refractivity contribution in [2.24, 2.45) is 0 Å². The molecule has 6 heteroatoms. The van der Waals surface area contributed by atoms with E-state index in [-0.39, 0.29) is 17.2 Å². The van der Waals surface area contributed by atoms with Gasteiger partial charge in [-0.3, -0.25) is 9.59 Å². The quantitative estimate of drug-likeness (QED) is 0.677. The van der Waals surface area contributed by atoms with Crippen LogP contribution in [0.1, 0.15) is 24.2 Å². The lowest BCUT2D eigenvalue weighted by Crippen LogP contribution is -2.44. The summed E-state index contributed by atoms with van der Waals surface area (Å²) >= 11 is 0. The van der Waals surface area contributed by atoms with Gasteiger partial charge in [0.25, 0.3) is 5.91 Å². The second-order valence-corrected chi connectivity index (χ2v) is 4.01. The molecule has 1 rings (SSSR count). The van der Waals surface area contributed by atoms with E-state index in [9.17, 15) is 9.59 Å². The Labute approximate surface area is 112 Å². The van der Waals surface area contributed by atoms with Crippen molar-refractivity contribution in [3.63, 3.8) is 0 Å². The molecule has 19 heavy (non-hydrogen) atoms. The topological polar surface area (TPSA) is 93.5 Å². The number of nitrogens with one attached hydrogen (secondary N) is 2. The highest BCUT2D eigenvalue weighted by molar-refractivity contribution is 6.02. The Balaban J connectivity index is 2.81. The molecule has 0 aliphatic heterocycles. The van der Waals surface area contributed by atoms with Crippen molar-refractivity contribution in [3.8, 4) is 5.75 Å². The van der Waals surface area contributed by atoms with E-state index >= 15 is 0 Å². The summed E-state index contributed by atoms with van der Waals surface area (Å²) in [5.41, 5.74) is 6.36. The van der Waals surface area contributed by atoms with Gasteiger partial charge < -0.3 is 21.1 Å². The van der Waals surface area contributed by atoms with Gasteiger partial charge in [-0.15, -0.1) is 0 Å². The predicted octanol–water partition coefficient (Wildman–Crippen LogP) is 0.532. The summed E-state index contributed by atoms with van der Waals surface area (Å²) in [4.78, 5) is 23.6. The molecule has 0 aliphatic rings. The smallest absolute Gasteiger partial charge is 0.254 e. The number of carbonyl (C=O) groups excluding carboxylic acids is 2. The minimum absolute atomic E-state index is 0.239. The van der Waals surface area contributed by atoms with Gasteiger partial charge in [-0.05, 0) is 26.0 Å². The number of rotatable bonds is 5. The van der Waals surface area contributed by atoms with E-state index in [0.717, 1.165) is 0 Å². The van der Waals surface area contributed by atoms with Crippen LogP contribution < -0.4 is 21.1 Å². The molecule has 1 aromatic rings. The van der Waals surface area contributed by atoms with Crippen molar-refractivity contribution >= 4 is 17.5 Å². The summed E-state index contributed by atoms with van der Waals surface area (Å²) in [6.07, 6.45) is 0. The Kier molecular flexibility index (Phi) is 5.17. The molecule has 0 fully saturated rings. The third kappa shape index (κ3) is 3.61. The largest absolute Gasteiger partial charge is 0.495 e. The van der Waals surface area contributed by atoms with Crippen LogP contribution in [0.4, 0.5) is 5.69 Å². The number of nitrogens with two attached hydrogens (primary N) is 1. The Morgan fingerprint density at radius 1 is 1.42 bits per heavy atom. The number of nitrogen functional groups attached to an aromatic ring is 1. The van der Waals surface area contributed by atoms with E-state index in [1.165, 1.54) is 7.11 Å². The third-order valence-corrected chi connectivity index (χ3v) is 2.62. The van der Waals surface area contributed by atoms with Crippen LogP contribution in [-0.2, 0) is 4.79 Å². The predicted molar refractivity (Wildman–Crippen MR) is 73.0 cm³/mol. The van der Waals surface area contributed by atoms with Crippen molar-refractivity contribution in [2.75, 3.05) is 19.4 Å². The number of methoxy groups -OCH3 is 1. The van der Waals surface area contributed by atoms with Crippen LogP contribution in [0.3, 0.4) is 0 Å². The van der Waals surface area contributed by atoms with E-state index in [4.69, 9.17) is 10.5 Å². The molecule has 0 aliphatic carbocycles. The Bertz CT molecular complexity index is 474. The summed E-state index contributed by atoms with van der Waals surface area (Å²) < 4.78 is 5.04. The van der Waals surface area contributed by atoms with Gasteiger partial charge in [-0.25, -0.2) is 0 Å². The summed E-state index contributed by atoms with van der Waals surface area (Å²) in [7, 11) is 1.48. The average molecular weight is 265 g/mol. The number of amides is 2. The molecule has 0 radical (unpaired) electrons. The molecule has 6 nitrogen and oxygen atoms in total. The van der Waals surface area contributed by atoms with E-state index in [1.807, 2.05) is 6.92 Å². The molecule has 0 bridgehead atoms. The maximum atomic E-state index is 12.0. The fourth-order valence-corrected chi connectivity index (χ4v) is 1.59. The van der Waals surface area contributed by atoms with Gasteiger partial charge in [0, 0.05) is 6.54 Å². The maximum absolute atomic E-state index is 12.0. The fourth-order valence-electron chi connectivity index (χ4n) is 1.59. The summed E-state index contributed by atoms with van der Waals surface area (Å²) in [5, 5.41) is 5.22. The molecule has 0 saturated heterocycles. The van der Waals surface area contributed by atoms with Gasteiger partial charge in [0.1, 0.15) is 11.8 Å². The van der Waals surface area contributed by atoms with Crippen molar-refractivity contribution in [1.82, 2.24) is 10.6 Å². The van der Waals surface area contributed by atoms with Crippen LogP contribution in [0.5, 0.6) is 5.75 Å². The number of likely N-dealkylation sites (N-methyl/N-ethyl adjacent to an activating group) is 1. The molecule has 4 N–H and O–H groups in total. The van der Waals surface area contributed by atoms with Crippen LogP contribution in [0.15, 0.2) is 18.2 Å². The summed E-state index contributed by atoms with van der Waals surface area (Å²) in [6, 6.07) is 4.29. The van der Waals surface area contributed by atoms with Gasteiger partial charge in [-0.2, -0.15) is 0 Å². The molecule has 0 saturated carbocycles. The summed E-state index contributed by atoms with van der Waals surface area (Å²) in [5.74, 6) is -0.217. The van der Waals surface area contributed by atoms with Crippen molar-refractivity contribution in [1.29, 1.82) is 0 Å². The number of hydrogen-bond donors (Lipinski definition) is 3. The van der Waals surface area contributed by atoms with E-state index < -0.39 is 11.9 Å². The number of ether oxygens (including phenoxy) is 1. The Morgan fingerprint density at radius 3 is 2.68 bits per heavy atom. The van der Waals surface area contributed by atoms with Crippen molar-refractivity contribution in [3.05, 3.63) is 23.8 Å². The van der Waals surface area contributed by atoms with Gasteiger partial charge >= 0.3 is 0 Å². The molecule has 1 unspecified atom stereocenters. The third-order valence-electron chi connectivity index (χ3n) is 2.62. The number of para-hydroxylation sites is 1. The highest BCUT2D eigenvalue weighted by Crippen LogP contribution is 2.24. The molecule has 104 valence electrons. The number of anilines is 1.